The van der Waals surface area contributed by atoms with Gasteiger partial charge in [-0.05, 0) is 36.5 Å². The SMILES string of the molecule is COc1cc(C2C(C#N)=C(C)N=C3CC(C)(C)CC(=O)C32)cc(OC)c1O. The molecule has 1 fully saturated rings. The van der Waals surface area contributed by atoms with Crippen molar-refractivity contribution < 1.29 is 19.4 Å². The van der Waals surface area contributed by atoms with E-state index in [1.54, 1.807) is 19.1 Å². The largest absolute Gasteiger partial charge is 0.502 e. The Balaban J connectivity index is 2.21. The molecule has 0 spiro atoms. The number of rotatable bonds is 3. The van der Waals surface area contributed by atoms with Crippen LogP contribution in [0.1, 0.15) is 45.1 Å². The van der Waals surface area contributed by atoms with E-state index < -0.39 is 11.8 Å². The number of carbonyl (C=O) groups excluding carboxylic acids is 1. The summed E-state index contributed by atoms with van der Waals surface area (Å²) in [6.45, 7) is 5.92. The van der Waals surface area contributed by atoms with Crippen LogP contribution in [0.3, 0.4) is 0 Å². The number of aliphatic imine (C=N–C) groups is 1. The van der Waals surface area contributed by atoms with Crippen molar-refractivity contribution >= 4 is 11.5 Å². The van der Waals surface area contributed by atoms with Crippen LogP contribution >= 0.6 is 0 Å². The second-order valence-corrected chi connectivity index (χ2v) is 7.93. The number of phenolic OH excluding ortho intramolecular Hbond substituents is 1. The Bertz CT molecular complexity index is 880. The third kappa shape index (κ3) is 3.18. The first kappa shape index (κ1) is 19.0. The summed E-state index contributed by atoms with van der Waals surface area (Å²) < 4.78 is 10.5. The minimum Gasteiger partial charge on any atom is -0.502 e. The van der Waals surface area contributed by atoms with Gasteiger partial charge < -0.3 is 14.6 Å². The zero-order valence-corrected chi connectivity index (χ0v) is 16.3. The van der Waals surface area contributed by atoms with E-state index in [9.17, 15) is 15.2 Å². The Labute approximate surface area is 159 Å². The van der Waals surface area contributed by atoms with Crippen molar-refractivity contribution in [2.75, 3.05) is 14.2 Å². The third-order valence-corrected chi connectivity index (χ3v) is 5.35. The van der Waals surface area contributed by atoms with Crippen LogP contribution in [0, 0.1) is 22.7 Å². The number of Topliss-reactive ketones (excluding diaryl/α,β-unsaturated/α-hetero) is 1. The number of phenols is 1. The van der Waals surface area contributed by atoms with Gasteiger partial charge in [0.2, 0.25) is 5.75 Å². The van der Waals surface area contributed by atoms with Crippen LogP contribution < -0.4 is 9.47 Å². The molecule has 0 radical (unpaired) electrons. The van der Waals surface area contributed by atoms with Crippen LogP contribution in [0.5, 0.6) is 17.2 Å². The van der Waals surface area contributed by atoms with Crippen LogP contribution in [-0.4, -0.2) is 30.8 Å². The molecule has 1 aromatic carbocycles. The first-order chi connectivity index (χ1) is 12.7. The van der Waals surface area contributed by atoms with Crippen molar-refractivity contribution in [2.24, 2.45) is 16.3 Å². The Morgan fingerprint density at radius 3 is 2.30 bits per heavy atom. The van der Waals surface area contributed by atoms with E-state index in [1.165, 1.54) is 14.2 Å². The second kappa shape index (κ2) is 6.73. The highest BCUT2D eigenvalue weighted by Crippen LogP contribution is 2.49. The number of nitrogens with zero attached hydrogens (tertiary/aromatic N) is 2. The van der Waals surface area contributed by atoms with Gasteiger partial charge in [-0.1, -0.05) is 13.8 Å². The summed E-state index contributed by atoms with van der Waals surface area (Å²) in [4.78, 5) is 17.7. The van der Waals surface area contributed by atoms with Gasteiger partial charge in [0.15, 0.2) is 11.5 Å². The standard InChI is InChI=1S/C21H24N2O4/c1-11-13(10-22)18(12-6-16(26-4)20(25)17(7-12)27-5)19-14(23-11)8-21(2,3)9-15(19)24/h6-7,18-19,25H,8-9H2,1-5H3. The highest BCUT2D eigenvalue weighted by molar-refractivity contribution is 6.10. The highest BCUT2D eigenvalue weighted by atomic mass is 16.5. The number of allylic oxidation sites excluding steroid dienone is 2. The van der Waals surface area contributed by atoms with E-state index in [4.69, 9.17) is 9.47 Å². The van der Waals surface area contributed by atoms with Crippen molar-refractivity contribution in [2.45, 2.75) is 39.5 Å². The average Bonchev–Trinajstić information content (AvgIpc) is 2.59. The Morgan fingerprint density at radius 2 is 1.78 bits per heavy atom. The van der Waals surface area contributed by atoms with E-state index in [-0.39, 0.29) is 28.4 Å². The summed E-state index contributed by atoms with van der Waals surface area (Å²) in [5, 5.41) is 20.0. The predicted octanol–water partition coefficient (Wildman–Crippen LogP) is 3.75. The topological polar surface area (TPSA) is 91.9 Å². The number of carbonyl (C=O) groups is 1. The molecule has 0 amide bonds. The van der Waals surface area contributed by atoms with Crippen LogP contribution in [0.4, 0.5) is 0 Å². The average molecular weight is 368 g/mol. The van der Waals surface area contributed by atoms with Gasteiger partial charge in [-0.3, -0.25) is 9.79 Å². The zero-order valence-electron chi connectivity index (χ0n) is 16.3. The fourth-order valence-electron chi connectivity index (χ4n) is 4.19. The summed E-state index contributed by atoms with van der Waals surface area (Å²) >= 11 is 0. The maximum atomic E-state index is 13.0. The molecule has 142 valence electrons. The van der Waals surface area contributed by atoms with Crippen LogP contribution in [0.2, 0.25) is 0 Å². The van der Waals surface area contributed by atoms with Crippen molar-refractivity contribution in [1.82, 2.24) is 0 Å². The number of fused-ring (bicyclic) bond motifs is 1. The maximum Gasteiger partial charge on any atom is 0.200 e. The fraction of sp³-hybridized carbons (Fsp3) is 0.476. The van der Waals surface area contributed by atoms with Crippen LogP contribution in [0.25, 0.3) is 0 Å². The summed E-state index contributed by atoms with van der Waals surface area (Å²) in [5.41, 5.74) is 2.47. The first-order valence-electron chi connectivity index (χ1n) is 8.88. The number of nitriles is 1. The van der Waals surface area contributed by atoms with E-state index >= 15 is 0 Å². The molecule has 0 aromatic heterocycles. The Kier molecular flexibility index (Phi) is 4.73. The molecule has 1 aliphatic carbocycles. The minimum absolute atomic E-state index is 0.0845. The van der Waals surface area contributed by atoms with Crippen molar-refractivity contribution in [3.05, 3.63) is 29.0 Å². The molecule has 1 aromatic rings. The highest BCUT2D eigenvalue weighted by Gasteiger charge is 2.46. The number of methoxy groups -OCH3 is 2. The third-order valence-electron chi connectivity index (χ3n) is 5.35. The first-order valence-corrected chi connectivity index (χ1v) is 8.88. The lowest BCUT2D eigenvalue weighted by Gasteiger charge is -2.40. The lowest BCUT2D eigenvalue weighted by atomic mass is 9.63. The number of ketones is 1. The molecule has 0 saturated heterocycles. The normalized spacial score (nSPS) is 24.0. The van der Waals surface area contributed by atoms with E-state index in [1.807, 2.05) is 0 Å². The molecule has 2 aliphatic rings. The summed E-state index contributed by atoms with van der Waals surface area (Å²) in [6.07, 6.45) is 1.15. The van der Waals surface area contributed by atoms with E-state index in [0.717, 1.165) is 5.71 Å². The summed E-state index contributed by atoms with van der Waals surface area (Å²) in [7, 11) is 2.90. The Hall–Kier alpha value is -2.81. The molecule has 1 N–H and O–H groups in total. The van der Waals surface area contributed by atoms with Gasteiger partial charge in [0.05, 0.1) is 37.5 Å². The van der Waals surface area contributed by atoms with E-state index in [0.29, 0.717) is 29.7 Å². The number of ether oxygens (including phenoxy) is 2. The quantitative estimate of drug-likeness (QED) is 0.877. The number of aromatic hydroxyl groups is 1. The maximum absolute atomic E-state index is 13.0. The molecular formula is C21H24N2O4. The van der Waals surface area contributed by atoms with Crippen LogP contribution in [-0.2, 0) is 4.79 Å². The molecule has 1 aliphatic heterocycles. The van der Waals surface area contributed by atoms with Crippen molar-refractivity contribution in [3.63, 3.8) is 0 Å². The van der Waals surface area contributed by atoms with E-state index in [2.05, 4.69) is 24.9 Å². The predicted molar refractivity (Wildman–Crippen MR) is 101 cm³/mol. The molecule has 3 rings (SSSR count). The van der Waals surface area contributed by atoms with Gasteiger partial charge in [-0.2, -0.15) is 5.26 Å². The minimum atomic E-state index is -0.477. The summed E-state index contributed by atoms with van der Waals surface area (Å²) in [5.74, 6) is -0.478. The molecular weight excluding hydrogens is 344 g/mol. The zero-order chi connectivity index (χ0) is 19.9. The number of hydrogen-bond donors (Lipinski definition) is 1. The van der Waals surface area contributed by atoms with Gasteiger partial charge in [0.25, 0.3) is 0 Å². The van der Waals surface area contributed by atoms with Crippen molar-refractivity contribution in [1.29, 1.82) is 5.26 Å². The lowest BCUT2D eigenvalue weighted by Crippen LogP contribution is -2.42. The molecule has 27 heavy (non-hydrogen) atoms. The van der Waals surface area contributed by atoms with Gasteiger partial charge in [-0.25, -0.2) is 0 Å². The number of hydrogen-bond acceptors (Lipinski definition) is 6. The fourth-order valence-corrected chi connectivity index (χ4v) is 4.19. The molecule has 6 nitrogen and oxygen atoms in total. The smallest absolute Gasteiger partial charge is 0.200 e. The van der Waals surface area contributed by atoms with Gasteiger partial charge >= 0.3 is 0 Å². The number of benzene rings is 1. The van der Waals surface area contributed by atoms with Crippen LogP contribution in [0.15, 0.2) is 28.4 Å². The van der Waals surface area contributed by atoms with Gasteiger partial charge in [-0.15, -0.1) is 0 Å². The monoisotopic (exact) mass is 368 g/mol. The molecule has 6 heteroatoms. The Morgan fingerprint density at radius 1 is 1.19 bits per heavy atom. The van der Waals surface area contributed by atoms with Gasteiger partial charge in [0, 0.05) is 18.1 Å². The van der Waals surface area contributed by atoms with Gasteiger partial charge in [0.1, 0.15) is 5.78 Å². The molecule has 2 unspecified atom stereocenters. The summed E-state index contributed by atoms with van der Waals surface area (Å²) in [6, 6.07) is 5.58. The lowest BCUT2D eigenvalue weighted by molar-refractivity contribution is -0.124. The van der Waals surface area contributed by atoms with Crippen molar-refractivity contribution in [3.8, 4) is 23.3 Å². The molecule has 1 heterocycles. The molecule has 0 bridgehead atoms. The molecule has 1 saturated carbocycles. The molecule has 2 atom stereocenters. The second-order valence-electron chi connectivity index (χ2n) is 7.93.